The van der Waals surface area contributed by atoms with Crippen LogP contribution in [0.5, 0.6) is 0 Å². The number of carbonyl (C=O) groups excluding carboxylic acids is 2. The molecule has 0 aromatic heterocycles. The fourth-order valence-corrected chi connectivity index (χ4v) is 4.82. The number of nitrogens with one attached hydrogen (secondary N) is 1. The predicted octanol–water partition coefficient (Wildman–Crippen LogP) is 2.70. The number of piperidine rings is 1. The Labute approximate surface area is 183 Å². The summed E-state index contributed by atoms with van der Waals surface area (Å²) in [6.07, 6.45) is 2.21. The number of ether oxygens (including phenoxy) is 1. The molecule has 10 nitrogen and oxygen atoms in total. The lowest BCUT2D eigenvalue weighted by Gasteiger charge is -2.26. The molecule has 0 radical (unpaired) electrons. The van der Waals surface area contributed by atoms with Gasteiger partial charge in [-0.3, -0.25) is 14.9 Å². The minimum atomic E-state index is -4.13. The van der Waals surface area contributed by atoms with Crippen molar-refractivity contribution in [2.24, 2.45) is 0 Å². The number of benzene rings is 2. The number of hydrogen-bond acceptors (Lipinski definition) is 7. The molecule has 1 aliphatic heterocycles. The quantitative estimate of drug-likeness (QED) is 0.377. The van der Waals surface area contributed by atoms with Gasteiger partial charge >= 0.3 is 5.97 Å². The third kappa shape index (κ3) is 5.26. The summed E-state index contributed by atoms with van der Waals surface area (Å²) in [7, 11) is -4.13. The molecule has 2 aromatic rings. The number of anilines is 1. The highest BCUT2D eigenvalue weighted by Gasteiger charge is 2.29. The average Bonchev–Trinajstić information content (AvgIpc) is 2.78. The van der Waals surface area contributed by atoms with Crippen molar-refractivity contribution >= 4 is 33.3 Å². The summed E-state index contributed by atoms with van der Waals surface area (Å²) in [5.41, 5.74) is -0.658. The molecule has 2 aromatic carbocycles. The standard InChI is InChI=1S/C20H20FN3O7S/c21-15-9-8-14(12-18(15)32(29,30)23-10-4-1-5-11-23)20(26)31-13-19(25)22-16-6-2-3-7-17(16)24(27)28/h2-3,6-9,12H,1,4-5,10-11,13H2,(H,22,25). The first-order valence-electron chi connectivity index (χ1n) is 9.70. The van der Waals surface area contributed by atoms with Gasteiger partial charge in [-0.25, -0.2) is 17.6 Å². The molecule has 0 atom stereocenters. The van der Waals surface area contributed by atoms with Crippen LogP contribution in [0.3, 0.4) is 0 Å². The van der Waals surface area contributed by atoms with E-state index in [4.69, 9.17) is 4.74 Å². The smallest absolute Gasteiger partial charge is 0.338 e. The molecule has 12 heteroatoms. The topological polar surface area (TPSA) is 136 Å². The maximum Gasteiger partial charge on any atom is 0.338 e. The summed E-state index contributed by atoms with van der Waals surface area (Å²) in [5.74, 6) is -2.88. The molecule has 32 heavy (non-hydrogen) atoms. The first-order chi connectivity index (χ1) is 15.2. The van der Waals surface area contributed by atoms with Crippen LogP contribution in [0.4, 0.5) is 15.8 Å². The van der Waals surface area contributed by atoms with Crippen LogP contribution in [0, 0.1) is 15.9 Å². The Balaban J connectivity index is 1.69. The van der Waals surface area contributed by atoms with E-state index in [-0.39, 0.29) is 30.0 Å². The van der Waals surface area contributed by atoms with E-state index in [1.807, 2.05) is 0 Å². The van der Waals surface area contributed by atoms with Gasteiger partial charge in [-0.1, -0.05) is 18.6 Å². The van der Waals surface area contributed by atoms with E-state index in [1.165, 1.54) is 28.6 Å². The summed E-state index contributed by atoms with van der Waals surface area (Å²) < 4.78 is 45.8. The van der Waals surface area contributed by atoms with Crippen LogP contribution in [0.15, 0.2) is 47.4 Å². The zero-order chi connectivity index (χ0) is 23.3. The van der Waals surface area contributed by atoms with E-state index in [9.17, 15) is 32.5 Å². The Hall–Kier alpha value is -3.38. The number of nitrogens with zero attached hydrogens (tertiary/aromatic N) is 2. The van der Waals surface area contributed by atoms with Crippen LogP contribution < -0.4 is 5.32 Å². The third-order valence-electron chi connectivity index (χ3n) is 4.81. The van der Waals surface area contributed by atoms with Crippen molar-refractivity contribution in [3.8, 4) is 0 Å². The van der Waals surface area contributed by atoms with Gasteiger partial charge < -0.3 is 10.1 Å². The number of nitro benzene ring substituents is 1. The number of sulfonamides is 1. The summed E-state index contributed by atoms with van der Waals surface area (Å²) in [4.78, 5) is 34.0. The molecular formula is C20H20FN3O7S. The molecule has 0 saturated carbocycles. The lowest BCUT2D eigenvalue weighted by molar-refractivity contribution is -0.383. The van der Waals surface area contributed by atoms with Crippen LogP contribution in [0.2, 0.25) is 0 Å². The second-order valence-corrected chi connectivity index (χ2v) is 8.91. The summed E-state index contributed by atoms with van der Waals surface area (Å²) in [5, 5.41) is 13.3. The summed E-state index contributed by atoms with van der Waals surface area (Å²) >= 11 is 0. The van der Waals surface area contributed by atoms with Gasteiger partial charge in [0, 0.05) is 19.2 Å². The van der Waals surface area contributed by atoms with E-state index in [1.54, 1.807) is 0 Å². The van der Waals surface area contributed by atoms with Crippen LogP contribution in [-0.2, 0) is 19.6 Å². The number of halogens is 1. The van der Waals surface area contributed by atoms with Crippen molar-refractivity contribution in [3.05, 3.63) is 64.0 Å². The van der Waals surface area contributed by atoms with Gasteiger partial charge in [0.2, 0.25) is 10.0 Å². The van der Waals surface area contributed by atoms with Crippen molar-refractivity contribution < 1.29 is 32.1 Å². The molecule has 3 rings (SSSR count). The largest absolute Gasteiger partial charge is 0.452 e. The number of nitro groups is 1. The normalized spacial score (nSPS) is 14.5. The molecule has 1 heterocycles. The Kier molecular flexibility index (Phi) is 7.15. The number of esters is 1. The van der Waals surface area contributed by atoms with Crippen LogP contribution in [-0.4, -0.2) is 49.2 Å². The van der Waals surface area contributed by atoms with Crippen molar-refractivity contribution in [2.75, 3.05) is 25.0 Å². The molecule has 0 bridgehead atoms. The van der Waals surface area contributed by atoms with Gasteiger partial charge in [-0.15, -0.1) is 0 Å². The lowest BCUT2D eigenvalue weighted by Crippen LogP contribution is -2.36. The van der Waals surface area contributed by atoms with E-state index in [0.717, 1.165) is 24.6 Å². The number of para-hydroxylation sites is 2. The minimum absolute atomic E-state index is 0.0738. The number of hydrogen-bond donors (Lipinski definition) is 1. The van der Waals surface area contributed by atoms with Gasteiger partial charge in [0.25, 0.3) is 11.6 Å². The zero-order valence-corrected chi connectivity index (χ0v) is 17.6. The summed E-state index contributed by atoms with van der Waals surface area (Å²) in [6.45, 7) is -0.249. The number of rotatable bonds is 7. The second kappa shape index (κ2) is 9.83. The van der Waals surface area contributed by atoms with E-state index in [0.29, 0.717) is 12.8 Å². The molecule has 170 valence electrons. The molecule has 0 spiro atoms. The molecule has 0 aliphatic carbocycles. The van der Waals surface area contributed by atoms with Crippen molar-refractivity contribution in [1.29, 1.82) is 0 Å². The monoisotopic (exact) mass is 465 g/mol. The molecule has 1 saturated heterocycles. The molecule has 1 amide bonds. The highest BCUT2D eigenvalue weighted by molar-refractivity contribution is 7.89. The first kappa shape index (κ1) is 23.3. The van der Waals surface area contributed by atoms with Crippen LogP contribution in [0.25, 0.3) is 0 Å². The fourth-order valence-electron chi connectivity index (χ4n) is 3.21. The van der Waals surface area contributed by atoms with Gasteiger partial charge in [0.05, 0.1) is 10.5 Å². The van der Waals surface area contributed by atoms with Crippen molar-refractivity contribution in [3.63, 3.8) is 0 Å². The Morgan fingerprint density at radius 1 is 1.12 bits per heavy atom. The van der Waals surface area contributed by atoms with Gasteiger partial charge in [-0.2, -0.15) is 4.31 Å². The number of amides is 1. The third-order valence-corrected chi connectivity index (χ3v) is 6.72. The van der Waals surface area contributed by atoms with Crippen molar-refractivity contribution in [1.82, 2.24) is 4.31 Å². The minimum Gasteiger partial charge on any atom is -0.452 e. The van der Waals surface area contributed by atoms with Gasteiger partial charge in [0.1, 0.15) is 16.4 Å². The Morgan fingerprint density at radius 2 is 1.81 bits per heavy atom. The SMILES string of the molecule is O=C(COC(=O)c1ccc(F)c(S(=O)(=O)N2CCCCC2)c1)Nc1ccccc1[N+](=O)[O-]. The van der Waals surface area contributed by atoms with E-state index in [2.05, 4.69) is 5.32 Å². The lowest BCUT2D eigenvalue weighted by atomic mass is 10.2. The van der Waals surface area contributed by atoms with Gasteiger partial charge in [0.15, 0.2) is 6.61 Å². The fraction of sp³-hybridized carbons (Fsp3) is 0.300. The second-order valence-electron chi connectivity index (χ2n) is 7.01. The highest BCUT2D eigenvalue weighted by atomic mass is 32.2. The van der Waals surface area contributed by atoms with Crippen LogP contribution in [0.1, 0.15) is 29.6 Å². The maximum atomic E-state index is 14.3. The molecule has 1 fully saturated rings. The molecule has 1 aliphatic rings. The van der Waals surface area contributed by atoms with Crippen LogP contribution >= 0.6 is 0 Å². The van der Waals surface area contributed by atoms with Crippen molar-refractivity contribution in [2.45, 2.75) is 24.2 Å². The van der Waals surface area contributed by atoms with E-state index < -0.39 is 44.1 Å². The Morgan fingerprint density at radius 3 is 2.50 bits per heavy atom. The highest BCUT2D eigenvalue weighted by Crippen LogP contribution is 2.25. The zero-order valence-electron chi connectivity index (χ0n) is 16.8. The Bertz CT molecular complexity index is 1150. The first-order valence-corrected chi connectivity index (χ1v) is 11.1. The van der Waals surface area contributed by atoms with Gasteiger partial charge in [-0.05, 0) is 37.1 Å². The maximum absolute atomic E-state index is 14.3. The summed E-state index contributed by atoms with van der Waals surface area (Å²) in [6, 6.07) is 8.20. The predicted molar refractivity (Wildman–Crippen MR) is 111 cm³/mol. The molecule has 1 N–H and O–H groups in total. The average molecular weight is 465 g/mol. The number of carbonyl (C=O) groups is 2. The van der Waals surface area contributed by atoms with E-state index >= 15 is 0 Å². The molecular weight excluding hydrogens is 445 g/mol. The molecule has 0 unspecified atom stereocenters.